The minimum absolute atomic E-state index is 0. The molecule has 1 amide bonds. The summed E-state index contributed by atoms with van der Waals surface area (Å²) in [6, 6.07) is 8.40. The Hall–Kier alpha value is -1.10. The summed E-state index contributed by atoms with van der Waals surface area (Å²) in [5, 5.41) is 3.49. The molecule has 1 aromatic rings. The average molecular weight is 351 g/mol. The minimum atomic E-state index is -0.0585. The highest BCUT2D eigenvalue weighted by molar-refractivity contribution is 5.85. The number of nitrogens with zero attached hydrogens (tertiary/aromatic N) is 1. The first-order valence-electron chi connectivity index (χ1n) is 8.99. The summed E-state index contributed by atoms with van der Waals surface area (Å²) in [6.45, 7) is 4.81. The van der Waals surface area contributed by atoms with Crippen LogP contribution in [0.15, 0.2) is 24.3 Å². The first-order chi connectivity index (χ1) is 11.3. The number of benzene rings is 1. The van der Waals surface area contributed by atoms with E-state index in [0.717, 1.165) is 63.9 Å². The van der Waals surface area contributed by atoms with Crippen LogP contribution in [0.5, 0.6) is 0 Å². The number of amides is 1. The highest BCUT2D eigenvalue weighted by Crippen LogP contribution is 2.31. The molecule has 4 rings (SSSR count). The third-order valence-corrected chi connectivity index (χ3v) is 5.82. The standard InChI is InChI=1S/C19H26N2O2.ClH/c22-19(21-8-5-15-12-20-13-16(15)6-9-21)11-18-17-4-2-1-3-14(17)7-10-23-18;/h1-4,15-16,18,20H,5-13H2;1H/t15-,16+,18?;. The first kappa shape index (κ1) is 17.7. The van der Waals surface area contributed by atoms with Crippen molar-refractivity contribution in [3.8, 4) is 0 Å². The van der Waals surface area contributed by atoms with Gasteiger partial charge in [0.2, 0.25) is 5.91 Å². The van der Waals surface area contributed by atoms with Gasteiger partial charge in [-0.25, -0.2) is 0 Å². The van der Waals surface area contributed by atoms with Crippen molar-refractivity contribution >= 4 is 18.3 Å². The van der Waals surface area contributed by atoms with Crippen molar-refractivity contribution < 1.29 is 9.53 Å². The van der Waals surface area contributed by atoms with Crippen LogP contribution in [-0.4, -0.2) is 43.6 Å². The second-order valence-corrected chi connectivity index (χ2v) is 7.15. The molecular weight excluding hydrogens is 324 g/mol. The number of rotatable bonds is 2. The van der Waals surface area contributed by atoms with Gasteiger partial charge in [0.1, 0.15) is 0 Å². The molecule has 0 spiro atoms. The van der Waals surface area contributed by atoms with Gasteiger partial charge < -0.3 is 15.0 Å². The van der Waals surface area contributed by atoms with Gasteiger partial charge in [-0.1, -0.05) is 24.3 Å². The van der Waals surface area contributed by atoms with E-state index in [4.69, 9.17) is 4.74 Å². The number of nitrogens with one attached hydrogen (secondary N) is 1. The Bertz CT molecular complexity index is 566. The molecule has 0 saturated carbocycles. The van der Waals surface area contributed by atoms with Crippen LogP contribution < -0.4 is 5.32 Å². The van der Waals surface area contributed by atoms with Crippen molar-refractivity contribution in [1.82, 2.24) is 10.2 Å². The van der Waals surface area contributed by atoms with E-state index in [1.54, 1.807) is 0 Å². The number of hydrogen-bond donors (Lipinski definition) is 1. The highest BCUT2D eigenvalue weighted by atomic mass is 35.5. The van der Waals surface area contributed by atoms with Gasteiger partial charge in [0.05, 0.1) is 19.1 Å². The van der Waals surface area contributed by atoms with Gasteiger partial charge in [-0.15, -0.1) is 12.4 Å². The average Bonchev–Trinajstić information content (AvgIpc) is 2.93. The molecule has 1 unspecified atom stereocenters. The normalized spacial score (nSPS) is 29.2. The van der Waals surface area contributed by atoms with Crippen molar-refractivity contribution in [2.45, 2.75) is 31.8 Å². The molecule has 1 N–H and O–H groups in total. The van der Waals surface area contributed by atoms with E-state index in [0.29, 0.717) is 6.42 Å². The van der Waals surface area contributed by atoms with Crippen LogP contribution in [0.4, 0.5) is 0 Å². The summed E-state index contributed by atoms with van der Waals surface area (Å²) in [4.78, 5) is 14.9. The minimum Gasteiger partial charge on any atom is -0.373 e. The molecule has 5 heteroatoms. The molecule has 2 saturated heterocycles. The molecule has 2 fully saturated rings. The van der Waals surface area contributed by atoms with E-state index in [2.05, 4.69) is 28.4 Å². The molecule has 0 radical (unpaired) electrons. The van der Waals surface area contributed by atoms with Crippen molar-refractivity contribution in [2.24, 2.45) is 11.8 Å². The number of fused-ring (bicyclic) bond motifs is 2. The van der Waals surface area contributed by atoms with Gasteiger partial charge >= 0.3 is 0 Å². The lowest BCUT2D eigenvalue weighted by Crippen LogP contribution is -2.34. The zero-order chi connectivity index (χ0) is 15.6. The fraction of sp³-hybridized carbons (Fsp3) is 0.632. The lowest BCUT2D eigenvalue weighted by molar-refractivity contribution is -0.134. The van der Waals surface area contributed by atoms with Crippen LogP contribution >= 0.6 is 12.4 Å². The van der Waals surface area contributed by atoms with Crippen LogP contribution in [0.2, 0.25) is 0 Å². The lowest BCUT2D eigenvalue weighted by Gasteiger charge is -2.28. The molecule has 3 aliphatic rings. The third-order valence-electron chi connectivity index (χ3n) is 5.82. The molecular formula is C19H27ClN2O2. The molecule has 24 heavy (non-hydrogen) atoms. The predicted octanol–water partition coefficient (Wildman–Crippen LogP) is 2.57. The van der Waals surface area contributed by atoms with Crippen LogP contribution in [0.25, 0.3) is 0 Å². The zero-order valence-electron chi connectivity index (χ0n) is 14.1. The summed E-state index contributed by atoms with van der Waals surface area (Å²) in [7, 11) is 0. The third kappa shape index (κ3) is 3.61. The van der Waals surface area contributed by atoms with Crippen LogP contribution in [0.3, 0.4) is 0 Å². The Labute approximate surface area is 150 Å². The molecule has 0 bridgehead atoms. The molecule has 0 aromatic heterocycles. The van der Waals surface area contributed by atoms with E-state index in [1.165, 1.54) is 11.1 Å². The fourth-order valence-corrected chi connectivity index (χ4v) is 4.40. The van der Waals surface area contributed by atoms with Gasteiger partial charge in [0, 0.05) is 13.1 Å². The summed E-state index contributed by atoms with van der Waals surface area (Å²) in [5.74, 6) is 1.79. The maximum atomic E-state index is 12.8. The Balaban J connectivity index is 0.00000169. The Morgan fingerprint density at radius 3 is 2.62 bits per heavy atom. The van der Waals surface area contributed by atoms with E-state index in [9.17, 15) is 4.79 Å². The van der Waals surface area contributed by atoms with Gasteiger partial charge in [-0.05, 0) is 55.3 Å². The van der Waals surface area contributed by atoms with Crippen LogP contribution in [-0.2, 0) is 16.0 Å². The summed E-state index contributed by atoms with van der Waals surface area (Å²) < 4.78 is 5.91. The number of hydrogen-bond acceptors (Lipinski definition) is 3. The topological polar surface area (TPSA) is 41.6 Å². The highest BCUT2D eigenvalue weighted by Gasteiger charge is 2.32. The Morgan fingerprint density at radius 2 is 1.88 bits per heavy atom. The van der Waals surface area contributed by atoms with Crippen molar-refractivity contribution in [3.63, 3.8) is 0 Å². The maximum Gasteiger partial charge on any atom is 0.225 e. The lowest BCUT2D eigenvalue weighted by atomic mass is 9.92. The molecule has 0 aliphatic carbocycles. The Morgan fingerprint density at radius 1 is 1.17 bits per heavy atom. The fourth-order valence-electron chi connectivity index (χ4n) is 4.40. The number of halogens is 1. The second-order valence-electron chi connectivity index (χ2n) is 7.15. The number of carbonyl (C=O) groups excluding carboxylic acids is 1. The molecule has 1 aromatic carbocycles. The number of carbonyl (C=O) groups is 1. The number of likely N-dealkylation sites (tertiary alicyclic amines) is 1. The van der Waals surface area contributed by atoms with Crippen molar-refractivity contribution in [2.75, 3.05) is 32.8 Å². The second kappa shape index (κ2) is 7.85. The van der Waals surface area contributed by atoms with Gasteiger partial charge in [0.15, 0.2) is 0 Å². The SMILES string of the molecule is Cl.O=C(CC1OCCc2ccccc21)N1CC[C@@H]2CNC[C@@H]2CC1. The quantitative estimate of drug-likeness (QED) is 0.891. The molecule has 132 valence electrons. The van der Waals surface area contributed by atoms with Crippen LogP contribution in [0.1, 0.15) is 36.5 Å². The summed E-state index contributed by atoms with van der Waals surface area (Å²) in [5.41, 5.74) is 2.55. The molecule has 3 atom stereocenters. The molecule has 3 aliphatic heterocycles. The largest absolute Gasteiger partial charge is 0.373 e. The van der Waals surface area contributed by atoms with E-state index >= 15 is 0 Å². The molecule has 4 nitrogen and oxygen atoms in total. The monoisotopic (exact) mass is 350 g/mol. The predicted molar refractivity (Wildman–Crippen MR) is 96.4 cm³/mol. The van der Waals surface area contributed by atoms with Gasteiger partial charge in [-0.3, -0.25) is 4.79 Å². The summed E-state index contributed by atoms with van der Waals surface area (Å²) >= 11 is 0. The number of ether oxygens (including phenoxy) is 1. The summed E-state index contributed by atoms with van der Waals surface area (Å²) in [6.07, 6.45) is 3.68. The van der Waals surface area contributed by atoms with Gasteiger partial charge in [-0.2, -0.15) is 0 Å². The first-order valence-corrected chi connectivity index (χ1v) is 8.99. The van der Waals surface area contributed by atoms with Crippen LogP contribution in [0, 0.1) is 11.8 Å². The molecule has 3 heterocycles. The van der Waals surface area contributed by atoms with Crippen molar-refractivity contribution in [1.29, 1.82) is 0 Å². The van der Waals surface area contributed by atoms with E-state index in [1.807, 2.05) is 6.07 Å². The maximum absolute atomic E-state index is 12.8. The van der Waals surface area contributed by atoms with Gasteiger partial charge in [0.25, 0.3) is 0 Å². The van der Waals surface area contributed by atoms with Crippen molar-refractivity contribution in [3.05, 3.63) is 35.4 Å². The zero-order valence-corrected chi connectivity index (χ0v) is 14.9. The Kier molecular flexibility index (Phi) is 5.80. The van der Waals surface area contributed by atoms with E-state index < -0.39 is 0 Å². The smallest absolute Gasteiger partial charge is 0.225 e. The van der Waals surface area contributed by atoms with E-state index in [-0.39, 0.29) is 24.4 Å².